The number of carbonyl (C=O) groups excluding carboxylic acids is 1. The first-order valence-electron chi connectivity index (χ1n) is 11.6. The minimum Gasteiger partial charge on any atom is -0.490 e. The van der Waals surface area contributed by atoms with Crippen LogP contribution in [0.25, 0.3) is 6.08 Å². The minimum absolute atomic E-state index is 0.190. The van der Waals surface area contributed by atoms with Gasteiger partial charge in [0.2, 0.25) is 5.72 Å². The highest BCUT2D eigenvalue weighted by molar-refractivity contribution is 5.90. The topological polar surface area (TPSA) is 60.4 Å². The third kappa shape index (κ3) is 3.77. The summed E-state index contributed by atoms with van der Waals surface area (Å²) in [5.41, 5.74) is 4.02. The molecular weight excluding hydrogens is 428 g/mol. The molecule has 6 heteroatoms. The number of nitrogens with zero attached hydrogens (tertiary/aromatic N) is 2. The van der Waals surface area contributed by atoms with Crippen molar-refractivity contribution < 1.29 is 19.0 Å². The lowest BCUT2D eigenvalue weighted by molar-refractivity contribution is -0.144. The Morgan fingerprint density at radius 3 is 2.62 bits per heavy atom. The van der Waals surface area contributed by atoms with E-state index in [1.165, 1.54) is 5.56 Å². The Balaban J connectivity index is 1.64. The van der Waals surface area contributed by atoms with Gasteiger partial charge in [0.15, 0.2) is 0 Å². The molecule has 1 unspecified atom stereocenters. The van der Waals surface area contributed by atoms with E-state index in [2.05, 4.69) is 50.6 Å². The van der Waals surface area contributed by atoms with E-state index in [0.29, 0.717) is 17.9 Å². The molecule has 0 saturated carbocycles. The van der Waals surface area contributed by atoms with Crippen molar-refractivity contribution in [3.63, 3.8) is 0 Å². The highest BCUT2D eigenvalue weighted by atomic mass is 16.6. The Bertz CT molecular complexity index is 1180. The summed E-state index contributed by atoms with van der Waals surface area (Å²) in [7, 11) is 2.05. The maximum Gasteiger partial charge on any atom is 0.305 e. The number of carbonyl (C=O) groups is 1. The Kier molecular flexibility index (Phi) is 6.26. The Labute approximate surface area is 201 Å². The maximum absolute atomic E-state index is 11.3. The zero-order valence-corrected chi connectivity index (χ0v) is 20.6. The molecule has 0 radical (unpaired) electrons. The highest BCUT2D eigenvalue weighted by Crippen LogP contribution is 2.54. The summed E-state index contributed by atoms with van der Waals surface area (Å²) in [6, 6.07) is 12.4. The average Bonchev–Trinajstić information content (AvgIpc) is 3.00. The molecule has 2 heterocycles. The predicted octanol–water partition coefficient (Wildman–Crippen LogP) is 5.71. The molecule has 1 spiro atoms. The van der Waals surface area contributed by atoms with Gasteiger partial charge in [-0.25, -0.2) is 0 Å². The van der Waals surface area contributed by atoms with Crippen LogP contribution in [-0.4, -0.2) is 38.2 Å². The highest BCUT2D eigenvalue weighted by Gasteiger charge is 2.58. The van der Waals surface area contributed by atoms with Gasteiger partial charge < -0.3 is 19.1 Å². The monoisotopic (exact) mass is 460 g/mol. The molecule has 1 atom stereocenters. The number of para-hydroxylation sites is 1. The summed E-state index contributed by atoms with van der Waals surface area (Å²) in [5, 5.41) is 0. The van der Waals surface area contributed by atoms with Crippen LogP contribution in [0.15, 0.2) is 59.8 Å². The molecule has 2 aromatic carbocycles. The Morgan fingerprint density at radius 2 is 1.91 bits per heavy atom. The fourth-order valence-electron chi connectivity index (χ4n) is 4.68. The first kappa shape index (κ1) is 23.6. The van der Waals surface area contributed by atoms with Gasteiger partial charge in [0.05, 0.1) is 11.6 Å². The molecule has 34 heavy (non-hydrogen) atoms. The van der Waals surface area contributed by atoms with Gasteiger partial charge in [0.1, 0.15) is 30.4 Å². The molecule has 0 fully saturated rings. The molecule has 0 aliphatic carbocycles. The number of hydrogen-bond acceptors (Lipinski definition) is 6. The van der Waals surface area contributed by atoms with Crippen LogP contribution in [0.2, 0.25) is 0 Å². The Morgan fingerprint density at radius 1 is 1.18 bits per heavy atom. The van der Waals surface area contributed by atoms with Crippen LogP contribution in [0.4, 0.5) is 11.4 Å². The van der Waals surface area contributed by atoms with Crippen LogP contribution in [0, 0.1) is 6.92 Å². The van der Waals surface area contributed by atoms with Crippen LogP contribution in [0.3, 0.4) is 0 Å². The van der Waals surface area contributed by atoms with Crippen LogP contribution in [0.1, 0.15) is 43.9 Å². The number of aryl methyl sites for hydroxylation is 1. The van der Waals surface area contributed by atoms with E-state index >= 15 is 0 Å². The molecule has 0 amide bonds. The summed E-state index contributed by atoms with van der Waals surface area (Å²) >= 11 is 0. The fraction of sp³-hybridized carbons (Fsp3) is 0.357. The summed E-state index contributed by atoms with van der Waals surface area (Å²) < 4.78 is 17.6. The molecular formula is C28H32N2O4. The summed E-state index contributed by atoms with van der Waals surface area (Å²) in [6.07, 6.45) is 5.81. The van der Waals surface area contributed by atoms with Crippen LogP contribution in [-0.2, 0) is 19.7 Å². The van der Waals surface area contributed by atoms with Gasteiger partial charge in [-0.15, -0.1) is 0 Å². The molecule has 0 N–H and O–H groups in total. The third-order valence-corrected chi connectivity index (χ3v) is 6.76. The lowest BCUT2D eigenvalue weighted by Crippen LogP contribution is -2.61. The number of likely N-dealkylation sites (N-methyl/N-ethyl adjacent to an activating group) is 1. The molecule has 0 bridgehead atoms. The Hall–Kier alpha value is -3.54. The fourth-order valence-corrected chi connectivity index (χ4v) is 4.68. The molecule has 2 aliphatic rings. The number of esters is 1. The molecule has 6 nitrogen and oxygen atoms in total. The van der Waals surface area contributed by atoms with Crippen LogP contribution >= 0.6 is 0 Å². The van der Waals surface area contributed by atoms with E-state index in [4.69, 9.17) is 19.2 Å². The van der Waals surface area contributed by atoms with Gasteiger partial charge >= 0.3 is 5.97 Å². The number of anilines is 1. The summed E-state index contributed by atoms with van der Waals surface area (Å²) in [4.78, 5) is 18.4. The van der Waals surface area contributed by atoms with Gasteiger partial charge in [0.25, 0.3) is 0 Å². The van der Waals surface area contributed by atoms with Crippen molar-refractivity contribution in [1.82, 2.24) is 0 Å². The number of rotatable bonds is 7. The number of aliphatic imine (C=N–C) groups is 1. The summed E-state index contributed by atoms with van der Waals surface area (Å²) in [6.45, 7) is 12.5. The van der Waals surface area contributed by atoms with Crippen molar-refractivity contribution in [2.45, 2.75) is 45.3 Å². The smallest absolute Gasteiger partial charge is 0.305 e. The number of allylic oxidation sites excluding steroid dienone is 1. The maximum atomic E-state index is 11.3. The molecule has 4 rings (SSSR count). The number of ether oxygens (including phenoxy) is 3. The standard InChI is InChI=1S/C28H32N2O4/c1-7-20(32-15-16-33-25(31)8-2)17-21-19(3)13-14-24-26(21)29-18-28(34-24)27(4,5)22-11-9-10-12-23(22)30(28)6/h7,9-14,17-18H,1,8,15-16H2,2-6H3/b20-17+. The second-order valence-electron chi connectivity index (χ2n) is 9.07. The van der Waals surface area contributed by atoms with Crippen LogP contribution < -0.4 is 9.64 Å². The third-order valence-electron chi connectivity index (χ3n) is 6.76. The minimum atomic E-state index is -0.735. The predicted molar refractivity (Wildman–Crippen MR) is 136 cm³/mol. The number of hydrogen-bond donors (Lipinski definition) is 0. The quantitative estimate of drug-likeness (QED) is 0.229. The lowest BCUT2D eigenvalue weighted by Gasteiger charge is -2.45. The number of benzene rings is 2. The second-order valence-corrected chi connectivity index (χ2v) is 9.07. The zero-order chi connectivity index (χ0) is 24.5. The van der Waals surface area contributed by atoms with E-state index in [0.717, 1.165) is 22.5 Å². The SMILES string of the molecule is C=C/C(=C\c1c(C)ccc2c1N=CC1(O2)N(C)c2ccccc2C1(C)C)OCCOC(=O)CC. The first-order chi connectivity index (χ1) is 16.2. The first-order valence-corrected chi connectivity index (χ1v) is 11.6. The van der Waals surface area contributed by atoms with Crippen molar-refractivity contribution in [2.75, 3.05) is 25.2 Å². The molecule has 2 aliphatic heterocycles. The zero-order valence-electron chi connectivity index (χ0n) is 20.6. The van der Waals surface area contributed by atoms with Gasteiger partial charge in [-0.3, -0.25) is 9.79 Å². The van der Waals surface area contributed by atoms with E-state index in [9.17, 15) is 4.79 Å². The molecule has 2 aromatic rings. The largest absolute Gasteiger partial charge is 0.490 e. The van der Waals surface area contributed by atoms with E-state index < -0.39 is 5.72 Å². The van der Waals surface area contributed by atoms with Crippen molar-refractivity contribution in [1.29, 1.82) is 0 Å². The van der Waals surface area contributed by atoms with E-state index in [1.807, 2.05) is 37.4 Å². The number of fused-ring (bicyclic) bond motifs is 2. The second kappa shape index (κ2) is 9.01. The molecule has 0 saturated heterocycles. The molecule has 178 valence electrons. The van der Waals surface area contributed by atoms with Gasteiger partial charge in [-0.2, -0.15) is 0 Å². The van der Waals surface area contributed by atoms with Crippen molar-refractivity contribution in [3.8, 4) is 5.75 Å². The van der Waals surface area contributed by atoms with Crippen molar-refractivity contribution in [2.24, 2.45) is 4.99 Å². The van der Waals surface area contributed by atoms with Crippen LogP contribution in [0.5, 0.6) is 5.75 Å². The normalized spacial score (nSPS) is 19.9. The van der Waals surface area contributed by atoms with Gasteiger partial charge in [0, 0.05) is 24.7 Å². The van der Waals surface area contributed by atoms with E-state index in [-0.39, 0.29) is 24.6 Å². The van der Waals surface area contributed by atoms with Gasteiger partial charge in [-0.05, 0) is 56.2 Å². The van der Waals surface area contributed by atoms with E-state index in [1.54, 1.807) is 13.0 Å². The van der Waals surface area contributed by atoms with Crippen molar-refractivity contribution >= 4 is 29.6 Å². The van der Waals surface area contributed by atoms with Crippen molar-refractivity contribution in [3.05, 3.63) is 71.5 Å². The van der Waals surface area contributed by atoms with Gasteiger partial charge in [-0.1, -0.05) is 37.8 Å². The summed E-state index contributed by atoms with van der Waals surface area (Å²) in [5.74, 6) is 1.04. The lowest BCUT2D eigenvalue weighted by atomic mass is 9.77. The average molecular weight is 461 g/mol. The molecule has 0 aromatic heterocycles.